The van der Waals surface area contributed by atoms with Crippen molar-refractivity contribution in [3.05, 3.63) is 59.2 Å². The molecule has 0 heterocycles. The second kappa shape index (κ2) is 8.66. The molecule has 2 aromatic carbocycles. The van der Waals surface area contributed by atoms with Crippen molar-refractivity contribution in [3.8, 4) is 11.8 Å². The zero-order valence-corrected chi connectivity index (χ0v) is 16.1. The minimum Gasteiger partial charge on any atom is -0.483 e. The normalized spacial score (nSPS) is 11.1. The number of amides is 1. The Morgan fingerprint density at radius 3 is 2.44 bits per heavy atom. The van der Waals surface area contributed by atoms with Crippen molar-refractivity contribution in [2.45, 2.75) is 31.6 Å². The van der Waals surface area contributed by atoms with Gasteiger partial charge in [0, 0.05) is 0 Å². The van der Waals surface area contributed by atoms with Crippen molar-refractivity contribution in [1.82, 2.24) is 10.3 Å². The van der Waals surface area contributed by atoms with Crippen LogP contribution in [-0.4, -0.2) is 20.9 Å². The zero-order valence-electron chi connectivity index (χ0n) is 15.3. The van der Waals surface area contributed by atoms with Gasteiger partial charge in [-0.05, 0) is 54.3 Å². The van der Waals surface area contributed by atoms with Crippen LogP contribution in [0.15, 0.2) is 47.4 Å². The summed E-state index contributed by atoms with van der Waals surface area (Å²) < 4.78 is 29.9. The fourth-order valence-corrected chi connectivity index (χ4v) is 3.18. The van der Waals surface area contributed by atoms with E-state index >= 15 is 0 Å². The van der Waals surface area contributed by atoms with Gasteiger partial charge < -0.3 is 4.74 Å². The molecule has 0 radical (unpaired) electrons. The van der Waals surface area contributed by atoms with Crippen LogP contribution in [-0.2, 0) is 14.8 Å². The van der Waals surface area contributed by atoms with Crippen LogP contribution in [0, 0.1) is 18.3 Å². The summed E-state index contributed by atoms with van der Waals surface area (Å²) in [5.41, 5.74) is 4.42. The summed E-state index contributed by atoms with van der Waals surface area (Å²) in [4.78, 5) is 13.9. The number of sulfonamides is 1. The monoisotopic (exact) mass is 387 g/mol. The van der Waals surface area contributed by atoms with E-state index in [-0.39, 0.29) is 17.4 Å². The van der Waals surface area contributed by atoms with Gasteiger partial charge in [0.1, 0.15) is 5.75 Å². The van der Waals surface area contributed by atoms with Crippen LogP contribution >= 0.6 is 0 Å². The van der Waals surface area contributed by atoms with Crippen LogP contribution in [0.3, 0.4) is 0 Å². The highest BCUT2D eigenvalue weighted by Crippen LogP contribution is 2.27. The van der Waals surface area contributed by atoms with Gasteiger partial charge in [0.25, 0.3) is 15.9 Å². The number of nitriles is 1. The molecule has 2 rings (SSSR count). The molecule has 142 valence electrons. The number of hydrogen-bond donors (Lipinski definition) is 2. The molecule has 0 aliphatic rings. The minimum atomic E-state index is -3.94. The van der Waals surface area contributed by atoms with Gasteiger partial charge in [-0.1, -0.05) is 26.0 Å². The van der Waals surface area contributed by atoms with Gasteiger partial charge >= 0.3 is 0 Å². The van der Waals surface area contributed by atoms with E-state index < -0.39 is 15.9 Å². The number of carbonyl (C=O) groups is 1. The SMILES string of the molecule is Cc1ccc(C(C)C)c(OCC(=O)NNS(=O)(=O)c2ccc(C#N)cc2)c1. The molecule has 2 aromatic rings. The van der Waals surface area contributed by atoms with E-state index in [4.69, 9.17) is 10.00 Å². The summed E-state index contributed by atoms with van der Waals surface area (Å²) in [6.45, 7) is 5.62. The topological polar surface area (TPSA) is 108 Å². The maximum atomic E-state index is 12.1. The lowest BCUT2D eigenvalue weighted by Gasteiger charge is -2.15. The van der Waals surface area contributed by atoms with E-state index in [0.29, 0.717) is 11.3 Å². The Kier molecular flexibility index (Phi) is 6.55. The van der Waals surface area contributed by atoms with Gasteiger partial charge in [0.2, 0.25) is 0 Å². The number of rotatable bonds is 7. The highest BCUT2D eigenvalue weighted by atomic mass is 32.2. The van der Waals surface area contributed by atoms with Crippen molar-refractivity contribution in [2.24, 2.45) is 0 Å². The summed E-state index contributed by atoms with van der Waals surface area (Å²) in [7, 11) is -3.94. The molecule has 0 saturated heterocycles. The van der Waals surface area contributed by atoms with Crippen molar-refractivity contribution in [2.75, 3.05) is 6.61 Å². The number of aryl methyl sites for hydroxylation is 1. The van der Waals surface area contributed by atoms with Crippen molar-refractivity contribution in [1.29, 1.82) is 5.26 Å². The molecular weight excluding hydrogens is 366 g/mol. The number of benzene rings is 2. The molecule has 8 heteroatoms. The summed E-state index contributed by atoms with van der Waals surface area (Å²) in [6, 6.07) is 13.0. The van der Waals surface area contributed by atoms with Crippen molar-refractivity contribution < 1.29 is 17.9 Å². The Morgan fingerprint density at radius 1 is 1.19 bits per heavy atom. The molecule has 2 N–H and O–H groups in total. The van der Waals surface area contributed by atoms with Gasteiger partial charge in [0.05, 0.1) is 16.5 Å². The summed E-state index contributed by atoms with van der Waals surface area (Å²) in [5, 5.41) is 8.75. The Bertz CT molecular complexity index is 961. The molecule has 0 fully saturated rings. The standard InChI is InChI=1S/C19H21N3O4S/c1-13(2)17-9-4-14(3)10-18(17)26-12-19(23)21-22-27(24,25)16-7-5-15(11-20)6-8-16/h4-10,13,22H,12H2,1-3H3,(H,21,23). The Hall–Kier alpha value is -2.89. The van der Waals surface area contributed by atoms with Gasteiger partial charge in [-0.25, -0.2) is 8.42 Å². The third-order valence-corrected chi connectivity index (χ3v) is 5.03. The third-order valence-electron chi connectivity index (χ3n) is 3.77. The third kappa shape index (κ3) is 5.54. The minimum absolute atomic E-state index is 0.0662. The number of nitrogens with one attached hydrogen (secondary N) is 2. The van der Waals surface area contributed by atoms with Crippen LogP contribution < -0.4 is 15.0 Å². The average Bonchev–Trinajstić information content (AvgIpc) is 2.64. The van der Waals surface area contributed by atoms with Crippen LogP contribution in [0.4, 0.5) is 0 Å². The van der Waals surface area contributed by atoms with E-state index in [0.717, 1.165) is 11.1 Å². The molecule has 7 nitrogen and oxygen atoms in total. The Balaban J connectivity index is 1.96. The molecule has 0 atom stereocenters. The second-order valence-electron chi connectivity index (χ2n) is 6.27. The molecule has 0 aromatic heterocycles. The lowest BCUT2D eigenvalue weighted by Crippen LogP contribution is -2.43. The summed E-state index contributed by atoms with van der Waals surface area (Å²) >= 11 is 0. The van der Waals surface area contributed by atoms with E-state index in [2.05, 4.69) is 5.43 Å². The number of hydrazine groups is 1. The van der Waals surface area contributed by atoms with Gasteiger partial charge in [0.15, 0.2) is 6.61 Å². The molecule has 0 bridgehead atoms. The fraction of sp³-hybridized carbons (Fsp3) is 0.263. The van der Waals surface area contributed by atoms with E-state index in [1.165, 1.54) is 24.3 Å². The first-order chi connectivity index (χ1) is 12.7. The average molecular weight is 387 g/mol. The lowest BCUT2D eigenvalue weighted by molar-refractivity contribution is -0.123. The maximum Gasteiger partial charge on any atom is 0.272 e. The number of nitrogens with zero attached hydrogens (tertiary/aromatic N) is 1. The van der Waals surface area contributed by atoms with Crippen LogP contribution in [0.5, 0.6) is 5.75 Å². The van der Waals surface area contributed by atoms with Crippen LogP contribution in [0.1, 0.15) is 36.5 Å². The largest absolute Gasteiger partial charge is 0.483 e. The molecule has 0 saturated carbocycles. The zero-order chi connectivity index (χ0) is 20.0. The van der Waals surface area contributed by atoms with Crippen molar-refractivity contribution in [3.63, 3.8) is 0 Å². The van der Waals surface area contributed by atoms with Crippen LogP contribution in [0.2, 0.25) is 0 Å². The predicted molar refractivity (Wildman–Crippen MR) is 100 cm³/mol. The second-order valence-corrected chi connectivity index (χ2v) is 7.96. The molecule has 0 unspecified atom stereocenters. The molecule has 0 spiro atoms. The smallest absolute Gasteiger partial charge is 0.272 e. The van der Waals surface area contributed by atoms with E-state index in [1.54, 1.807) is 0 Å². The quantitative estimate of drug-likeness (QED) is 0.709. The first-order valence-electron chi connectivity index (χ1n) is 8.27. The first-order valence-corrected chi connectivity index (χ1v) is 9.75. The van der Waals surface area contributed by atoms with Crippen LogP contribution in [0.25, 0.3) is 0 Å². The number of ether oxygens (including phenoxy) is 1. The van der Waals surface area contributed by atoms with E-state index in [9.17, 15) is 13.2 Å². The Morgan fingerprint density at radius 2 is 1.85 bits per heavy atom. The molecule has 27 heavy (non-hydrogen) atoms. The highest BCUT2D eigenvalue weighted by molar-refractivity contribution is 7.89. The number of hydrogen-bond acceptors (Lipinski definition) is 5. The lowest BCUT2D eigenvalue weighted by atomic mass is 10.0. The van der Waals surface area contributed by atoms with Gasteiger partial charge in [-0.15, -0.1) is 4.83 Å². The Labute approximate surface area is 159 Å². The number of carbonyl (C=O) groups excluding carboxylic acids is 1. The predicted octanol–water partition coefficient (Wildman–Crippen LogP) is 2.38. The molecule has 0 aliphatic carbocycles. The summed E-state index contributed by atoms with van der Waals surface area (Å²) in [5.74, 6) is 0.178. The first kappa shape index (κ1) is 20.4. The van der Waals surface area contributed by atoms with Gasteiger partial charge in [-0.2, -0.15) is 5.26 Å². The highest BCUT2D eigenvalue weighted by Gasteiger charge is 2.16. The van der Waals surface area contributed by atoms with E-state index in [1.807, 2.05) is 49.9 Å². The molecular formula is C19H21N3O4S. The van der Waals surface area contributed by atoms with Gasteiger partial charge in [-0.3, -0.25) is 10.2 Å². The fourth-order valence-electron chi connectivity index (χ4n) is 2.31. The van der Waals surface area contributed by atoms with Crippen molar-refractivity contribution >= 4 is 15.9 Å². The molecule has 1 amide bonds. The summed E-state index contributed by atoms with van der Waals surface area (Å²) in [6.07, 6.45) is 0. The molecule has 0 aliphatic heterocycles. The maximum absolute atomic E-state index is 12.1.